The van der Waals surface area contributed by atoms with E-state index in [1.807, 2.05) is 48.5 Å². The summed E-state index contributed by atoms with van der Waals surface area (Å²) < 4.78 is 7.06. The molecule has 1 aromatic heterocycles. The minimum Gasteiger partial charge on any atom is -0.423 e. The van der Waals surface area contributed by atoms with Crippen LogP contribution in [0.5, 0.6) is 5.75 Å². The number of H-pyrrole nitrogens is 1. The normalized spacial score (nSPS) is 17.8. The van der Waals surface area contributed by atoms with Crippen LogP contribution in [-0.2, 0) is 4.79 Å². The number of aromatic amines is 1. The second kappa shape index (κ2) is 9.03. The van der Waals surface area contributed by atoms with Gasteiger partial charge in [0.05, 0.1) is 16.8 Å². The molecule has 0 amide bonds. The third kappa shape index (κ3) is 4.16. The van der Waals surface area contributed by atoms with Crippen molar-refractivity contribution in [1.82, 2.24) is 9.78 Å². The standard InChI is InChI=1S/C31H27N3O4/c1-31(2)17-23-26(24(35)18-31)25(27-28(32-23)33-34(29(27)36)21-11-7-4-8-12-21)19-13-15-22(16-14-19)38-30(37)20-9-5-3-6-10-20/h3-16,25,32-33H,17-18H2,1-2H3/t25-/m1/s1. The molecule has 2 N–H and O–H groups in total. The molecule has 0 radical (unpaired) electrons. The van der Waals surface area contributed by atoms with E-state index in [2.05, 4.69) is 24.3 Å². The van der Waals surface area contributed by atoms with Gasteiger partial charge in [-0.05, 0) is 53.8 Å². The fourth-order valence-corrected chi connectivity index (χ4v) is 5.45. The van der Waals surface area contributed by atoms with Gasteiger partial charge in [-0.1, -0.05) is 62.4 Å². The van der Waals surface area contributed by atoms with Crippen molar-refractivity contribution in [2.75, 3.05) is 5.32 Å². The molecular formula is C31H27N3O4. The van der Waals surface area contributed by atoms with E-state index in [1.165, 1.54) is 4.68 Å². The number of aromatic nitrogens is 2. The number of esters is 1. The number of carbonyl (C=O) groups is 2. The van der Waals surface area contributed by atoms with E-state index in [0.29, 0.717) is 46.8 Å². The number of anilines is 1. The Bertz CT molecular complexity index is 1630. The summed E-state index contributed by atoms with van der Waals surface area (Å²) >= 11 is 0. The number of carbonyl (C=O) groups excluding carboxylic acids is 2. The number of Topliss-reactive ketones (excluding diaryl/α,β-unsaturated/α-hetero) is 1. The van der Waals surface area contributed by atoms with Gasteiger partial charge in [0.25, 0.3) is 5.56 Å². The fraction of sp³-hybridized carbons (Fsp3) is 0.194. The lowest BCUT2D eigenvalue weighted by atomic mass is 9.69. The number of rotatable bonds is 4. The number of hydrogen-bond acceptors (Lipinski definition) is 5. The number of ether oxygens (including phenoxy) is 1. The first-order chi connectivity index (χ1) is 18.3. The molecule has 6 rings (SSSR count). The van der Waals surface area contributed by atoms with Crippen LogP contribution >= 0.6 is 0 Å². The Hall–Kier alpha value is -4.65. The van der Waals surface area contributed by atoms with Crippen LogP contribution in [0.25, 0.3) is 5.69 Å². The molecule has 190 valence electrons. The van der Waals surface area contributed by atoms with Gasteiger partial charge in [-0.15, -0.1) is 0 Å². The van der Waals surface area contributed by atoms with Crippen LogP contribution in [0.15, 0.2) is 101 Å². The average molecular weight is 506 g/mol. The Morgan fingerprint density at radius 3 is 2.24 bits per heavy atom. The van der Waals surface area contributed by atoms with E-state index in [0.717, 1.165) is 11.3 Å². The molecular weight excluding hydrogens is 478 g/mol. The zero-order valence-electron chi connectivity index (χ0n) is 21.2. The second-order valence-corrected chi connectivity index (χ2v) is 10.6. The highest BCUT2D eigenvalue weighted by Gasteiger charge is 2.43. The van der Waals surface area contributed by atoms with Crippen molar-refractivity contribution in [1.29, 1.82) is 0 Å². The quantitative estimate of drug-likeness (QED) is 0.279. The van der Waals surface area contributed by atoms with Crippen molar-refractivity contribution in [2.45, 2.75) is 32.6 Å². The van der Waals surface area contributed by atoms with Gasteiger partial charge < -0.3 is 10.1 Å². The van der Waals surface area contributed by atoms with E-state index < -0.39 is 11.9 Å². The minimum absolute atomic E-state index is 0.0332. The fourth-order valence-electron chi connectivity index (χ4n) is 5.45. The maximum absolute atomic E-state index is 13.8. The van der Waals surface area contributed by atoms with E-state index >= 15 is 0 Å². The van der Waals surface area contributed by atoms with Crippen molar-refractivity contribution >= 4 is 17.6 Å². The third-order valence-corrected chi connectivity index (χ3v) is 7.15. The zero-order chi connectivity index (χ0) is 26.4. The molecule has 2 heterocycles. The molecule has 1 aliphatic carbocycles. The Morgan fingerprint density at radius 2 is 1.55 bits per heavy atom. The highest BCUT2D eigenvalue weighted by atomic mass is 16.5. The summed E-state index contributed by atoms with van der Waals surface area (Å²) in [6.07, 6.45) is 1.10. The zero-order valence-corrected chi connectivity index (χ0v) is 21.2. The van der Waals surface area contributed by atoms with E-state index in [9.17, 15) is 14.4 Å². The Kier molecular flexibility index (Phi) is 5.64. The number of ketones is 1. The summed E-state index contributed by atoms with van der Waals surface area (Å²) in [7, 11) is 0. The summed E-state index contributed by atoms with van der Waals surface area (Å²) in [6, 6.07) is 25.2. The van der Waals surface area contributed by atoms with Gasteiger partial charge in [0, 0.05) is 23.6 Å². The first-order valence-electron chi connectivity index (χ1n) is 12.6. The molecule has 0 bridgehead atoms. The van der Waals surface area contributed by atoms with E-state index in [-0.39, 0.29) is 16.8 Å². The smallest absolute Gasteiger partial charge is 0.343 e. The van der Waals surface area contributed by atoms with Crippen molar-refractivity contribution in [3.63, 3.8) is 0 Å². The van der Waals surface area contributed by atoms with Crippen molar-refractivity contribution in [3.05, 3.63) is 123 Å². The second-order valence-electron chi connectivity index (χ2n) is 10.6. The SMILES string of the molecule is CC1(C)CC(=O)C2=C(C1)Nc1[nH]n(-c3ccccc3)c(=O)c1[C@@H]2c1ccc(OC(=O)c2ccccc2)cc1. The predicted molar refractivity (Wildman–Crippen MR) is 145 cm³/mol. The van der Waals surface area contributed by atoms with E-state index in [1.54, 1.807) is 36.4 Å². The summed E-state index contributed by atoms with van der Waals surface area (Å²) in [5.74, 6) is 0.0161. The molecule has 0 spiro atoms. The molecule has 38 heavy (non-hydrogen) atoms. The maximum atomic E-state index is 13.8. The average Bonchev–Trinajstić information content (AvgIpc) is 3.24. The number of fused-ring (bicyclic) bond motifs is 1. The molecule has 0 saturated carbocycles. The van der Waals surface area contributed by atoms with Crippen molar-refractivity contribution in [3.8, 4) is 11.4 Å². The van der Waals surface area contributed by atoms with Gasteiger partial charge in [-0.2, -0.15) is 0 Å². The van der Waals surface area contributed by atoms with Gasteiger partial charge in [0.2, 0.25) is 0 Å². The first kappa shape index (κ1) is 23.7. The number of para-hydroxylation sites is 1. The molecule has 3 aromatic carbocycles. The molecule has 0 saturated heterocycles. The molecule has 4 aromatic rings. The Balaban J connectivity index is 1.42. The number of benzene rings is 3. The molecule has 1 aliphatic heterocycles. The van der Waals surface area contributed by atoms with Crippen LogP contribution in [0.3, 0.4) is 0 Å². The third-order valence-electron chi connectivity index (χ3n) is 7.15. The first-order valence-corrected chi connectivity index (χ1v) is 12.6. The largest absolute Gasteiger partial charge is 0.423 e. The maximum Gasteiger partial charge on any atom is 0.343 e. The van der Waals surface area contributed by atoms with Crippen molar-refractivity contribution in [2.24, 2.45) is 5.41 Å². The van der Waals surface area contributed by atoms with Gasteiger partial charge >= 0.3 is 5.97 Å². The lowest BCUT2D eigenvalue weighted by Crippen LogP contribution is -2.35. The summed E-state index contributed by atoms with van der Waals surface area (Å²) in [5.41, 5.74) is 3.50. The van der Waals surface area contributed by atoms with Crippen LogP contribution in [0.2, 0.25) is 0 Å². The number of hydrogen-bond donors (Lipinski definition) is 2. The van der Waals surface area contributed by atoms with Gasteiger partial charge in [0.1, 0.15) is 11.6 Å². The number of nitrogens with zero attached hydrogens (tertiary/aromatic N) is 1. The summed E-state index contributed by atoms with van der Waals surface area (Å²) in [5, 5.41) is 6.61. The lowest BCUT2D eigenvalue weighted by molar-refractivity contribution is -0.118. The Morgan fingerprint density at radius 1 is 0.895 bits per heavy atom. The van der Waals surface area contributed by atoms with Crippen LogP contribution in [0, 0.1) is 5.41 Å². The topological polar surface area (TPSA) is 93.2 Å². The number of nitrogens with one attached hydrogen (secondary N) is 2. The molecule has 7 nitrogen and oxygen atoms in total. The van der Waals surface area contributed by atoms with Crippen LogP contribution in [-0.4, -0.2) is 21.5 Å². The van der Waals surface area contributed by atoms with E-state index in [4.69, 9.17) is 4.74 Å². The van der Waals surface area contributed by atoms with Crippen molar-refractivity contribution < 1.29 is 14.3 Å². The highest BCUT2D eigenvalue weighted by molar-refractivity contribution is 6.01. The van der Waals surface area contributed by atoms with Gasteiger partial charge in [-0.3, -0.25) is 14.7 Å². The molecule has 7 heteroatoms. The summed E-state index contributed by atoms with van der Waals surface area (Å²) in [6.45, 7) is 4.16. The molecule has 2 aliphatic rings. The number of allylic oxidation sites excluding steroid dienone is 2. The minimum atomic E-state index is -0.544. The lowest BCUT2D eigenvalue weighted by Gasteiger charge is -2.37. The predicted octanol–water partition coefficient (Wildman–Crippen LogP) is 5.59. The van der Waals surface area contributed by atoms with Gasteiger partial charge in [-0.25, -0.2) is 9.48 Å². The molecule has 0 unspecified atom stereocenters. The monoisotopic (exact) mass is 505 g/mol. The molecule has 0 fully saturated rings. The summed E-state index contributed by atoms with van der Waals surface area (Å²) in [4.78, 5) is 39.8. The highest BCUT2D eigenvalue weighted by Crippen LogP contribution is 2.48. The molecule has 1 atom stereocenters. The van der Waals surface area contributed by atoms with Crippen LogP contribution < -0.4 is 15.6 Å². The van der Waals surface area contributed by atoms with Crippen LogP contribution in [0.4, 0.5) is 5.82 Å². The van der Waals surface area contributed by atoms with Gasteiger partial charge in [0.15, 0.2) is 5.78 Å². The Labute approximate surface area is 219 Å². The van der Waals surface area contributed by atoms with Crippen LogP contribution in [0.1, 0.15) is 54.1 Å².